The third kappa shape index (κ3) is 4.56. The van der Waals surface area contributed by atoms with E-state index in [9.17, 15) is 9.59 Å². The Morgan fingerprint density at radius 3 is 2.31 bits per heavy atom. The molecule has 4 nitrogen and oxygen atoms in total. The maximum Gasteiger partial charge on any atom is 0.280 e. The number of halogens is 1. The van der Waals surface area contributed by atoms with Gasteiger partial charge in [-0.25, -0.2) is 0 Å². The van der Waals surface area contributed by atoms with Crippen LogP contribution in [-0.4, -0.2) is 10.5 Å². The second-order valence-electron chi connectivity index (χ2n) is 7.54. The van der Waals surface area contributed by atoms with Gasteiger partial charge in [0.15, 0.2) is 0 Å². The molecular formula is C26H21BrN2O2S. The summed E-state index contributed by atoms with van der Waals surface area (Å²) in [5.74, 6) is -0.210. The van der Waals surface area contributed by atoms with Crippen molar-refractivity contribution in [3.8, 4) is 16.1 Å². The first kappa shape index (κ1) is 22.1. The van der Waals surface area contributed by atoms with E-state index in [0.717, 1.165) is 21.7 Å². The number of carbonyl (C=O) groups excluding carboxylic acids is 1. The van der Waals surface area contributed by atoms with Gasteiger partial charge in [0, 0.05) is 15.4 Å². The van der Waals surface area contributed by atoms with Crippen LogP contribution >= 0.6 is 27.3 Å². The van der Waals surface area contributed by atoms with E-state index >= 15 is 0 Å². The summed E-state index contributed by atoms with van der Waals surface area (Å²) >= 11 is 4.74. The number of aromatic nitrogens is 1. The number of nitrogens with zero attached hydrogens (tertiary/aromatic N) is 2. The fraction of sp³-hybridized carbons (Fsp3) is 0.115. The van der Waals surface area contributed by atoms with Crippen molar-refractivity contribution in [2.24, 2.45) is 4.99 Å². The van der Waals surface area contributed by atoms with Crippen LogP contribution in [0, 0.1) is 0 Å². The van der Waals surface area contributed by atoms with Gasteiger partial charge in [0.05, 0.1) is 11.3 Å². The number of para-hydroxylation sites is 1. The lowest BCUT2D eigenvalue weighted by atomic mass is 10.0. The zero-order chi connectivity index (χ0) is 22.7. The Hall–Kier alpha value is -3.09. The smallest absolute Gasteiger partial charge is 0.269 e. The molecule has 0 radical (unpaired) electrons. The van der Waals surface area contributed by atoms with Crippen molar-refractivity contribution in [2.75, 3.05) is 0 Å². The van der Waals surface area contributed by atoms with Crippen LogP contribution in [0.1, 0.15) is 35.7 Å². The Balaban J connectivity index is 2.02. The van der Waals surface area contributed by atoms with Gasteiger partial charge in [0.25, 0.3) is 11.5 Å². The summed E-state index contributed by atoms with van der Waals surface area (Å²) in [6.07, 6.45) is 0. The van der Waals surface area contributed by atoms with Gasteiger partial charge in [0.1, 0.15) is 0 Å². The Bertz CT molecular complexity index is 1410. The van der Waals surface area contributed by atoms with Crippen LogP contribution in [0.5, 0.6) is 0 Å². The number of rotatable bonds is 4. The standard InChI is InChI=1S/C26H21BrN2O2S/c1-17(2)19-12-7-9-15-22(19)29-24(30)16-23(18-10-4-3-5-11-18)32-26(29)28-25(31)20-13-6-8-14-21(20)27/h3-17H,1-2H3/b28-26-. The van der Waals surface area contributed by atoms with Crippen LogP contribution in [-0.2, 0) is 0 Å². The lowest BCUT2D eigenvalue weighted by molar-refractivity contribution is 0.0997. The molecule has 0 aliphatic rings. The van der Waals surface area contributed by atoms with E-state index in [1.807, 2.05) is 60.7 Å². The molecule has 1 heterocycles. The van der Waals surface area contributed by atoms with Crippen molar-refractivity contribution in [3.63, 3.8) is 0 Å². The molecule has 0 bridgehead atoms. The van der Waals surface area contributed by atoms with Crippen LogP contribution in [0.15, 0.2) is 99.2 Å². The first-order valence-corrected chi connectivity index (χ1v) is 11.8. The summed E-state index contributed by atoms with van der Waals surface area (Å²) in [5, 5.41) is 0. The molecule has 4 rings (SSSR count). The van der Waals surface area contributed by atoms with E-state index in [4.69, 9.17) is 0 Å². The third-order valence-electron chi connectivity index (χ3n) is 5.03. The number of carbonyl (C=O) groups is 1. The van der Waals surface area contributed by atoms with Crippen LogP contribution < -0.4 is 10.4 Å². The average molecular weight is 505 g/mol. The summed E-state index contributed by atoms with van der Waals surface area (Å²) in [4.78, 5) is 32.0. The Labute approximate surface area is 198 Å². The van der Waals surface area contributed by atoms with Gasteiger partial charge in [-0.2, -0.15) is 4.99 Å². The second kappa shape index (κ2) is 9.59. The highest BCUT2D eigenvalue weighted by molar-refractivity contribution is 9.10. The Morgan fingerprint density at radius 1 is 0.938 bits per heavy atom. The number of amides is 1. The van der Waals surface area contributed by atoms with Gasteiger partial charge < -0.3 is 0 Å². The molecule has 1 amide bonds. The largest absolute Gasteiger partial charge is 0.280 e. The molecule has 4 aromatic rings. The number of hydrogen-bond acceptors (Lipinski definition) is 3. The Kier molecular flexibility index (Phi) is 6.63. The molecule has 3 aromatic carbocycles. The summed E-state index contributed by atoms with van der Waals surface area (Å²) in [6.45, 7) is 4.16. The summed E-state index contributed by atoms with van der Waals surface area (Å²) in [6, 6.07) is 26.2. The fourth-order valence-electron chi connectivity index (χ4n) is 3.44. The fourth-order valence-corrected chi connectivity index (χ4v) is 4.92. The Morgan fingerprint density at radius 2 is 1.59 bits per heavy atom. The molecule has 0 saturated heterocycles. The molecular weight excluding hydrogens is 484 g/mol. The molecule has 0 spiro atoms. The van der Waals surface area contributed by atoms with Gasteiger partial charge in [-0.3, -0.25) is 14.2 Å². The van der Waals surface area contributed by atoms with E-state index in [1.54, 1.807) is 28.8 Å². The minimum atomic E-state index is -0.408. The lowest BCUT2D eigenvalue weighted by Gasteiger charge is -2.15. The highest BCUT2D eigenvalue weighted by Gasteiger charge is 2.15. The molecule has 0 saturated carbocycles. The van der Waals surface area contributed by atoms with Crippen molar-refractivity contribution in [1.82, 2.24) is 4.57 Å². The number of benzene rings is 3. The van der Waals surface area contributed by atoms with E-state index in [1.165, 1.54) is 11.3 Å². The molecule has 0 aliphatic carbocycles. The summed E-state index contributed by atoms with van der Waals surface area (Å²) in [7, 11) is 0. The van der Waals surface area contributed by atoms with Crippen LogP contribution in [0.3, 0.4) is 0 Å². The third-order valence-corrected chi connectivity index (χ3v) is 6.75. The minimum absolute atomic E-state index is 0.198. The molecule has 1 aromatic heterocycles. The molecule has 0 N–H and O–H groups in total. The number of hydrogen-bond donors (Lipinski definition) is 0. The highest BCUT2D eigenvalue weighted by atomic mass is 79.9. The topological polar surface area (TPSA) is 51.4 Å². The van der Waals surface area contributed by atoms with Crippen LogP contribution in [0.4, 0.5) is 0 Å². The lowest BCUT2D eigenvalue weighted by Crippen LogP contribution is -2.31. The minimum Gasteiger partial charge on any atom is -0.269 e. The summed E-state index contributed by atoms with van der Waals surface area (Å²) < 4.78 is 2.20. The van der Waals surface area contributed by atoms with Gasteiger partial charge in [-0.1, -0.05) is 85.8 Å². The predicted molar refractivity (Wildman–Crippen MR) is 133 cm³/mol. The average Bonchev–Trinajstić information content (AvgIpc) is 2.79. The first-order chi connectivity index (χ1) is 15.5. The van der Waals surface area contributed by atoms with E-state index < -0.39 is 5.91 Å². The molecule has 0 unspecified atom stereocenters. The van der Waals surface area contributed by atoms with Crippen LogP contribution in [0.2, 0.25) is 0 Å². The van der Waals surface area contributed by atoms with Crippen LogP contribution in [0.25, 0.3) is 16.1 Å². The highest BCUT2D eigenvalue weighted by Crippen LogP contribution is 2.24. The van der Waals surface area contributed by atoms with Crippen molar-refractivity contribution in [3.05, 3.63) is 116 Å². The van der Waals surface area contributed by atoms with Gasteiger partial charge in [0.2, 0.25) is 4.80 Å². The van der Waals surface area contributed by atoms with Gasteiger partial charge in [-0.15, -0.1) is 0 Å². The van der Waals surface area contributed by atoms with E-state index in [0.29, 0.717) is 14.8 Å². The molecule has 0 fully saturated rings. The normalized spacial score (nSPS) is 11.7. The predicted octanol–water partition coefficient (Wildman–Crippen LogP) is 6.19. The second-order valence-corrected chi connectivity index (χ2v) is 9.41. The monoisotopic (exact) mass is 504 g/mol. The molecule has 32 heavy (non-hydrogen) atoms. The molecule has 0 atom stereocenters. The maximum atomic E-state index is 13.4. The van der Waals surface area contributed by atoms with Gasteiger partial charge >= 0.3 is 0 Å². The quantitative estimate of drug-likeness (QED) is 0.332. The molecule has 6 heteroatoms. The van der Waals surface area contributed by atoms with Gasteiger partial charge in [-0.05, 0) is 51.2 Å². The van der Waals surface area contributed by atoms with Crippen molar-refractivity contribution < 1.29 is 4.79 Å². The van der Waals surface area contributed by atoms with E-state index in [-0.39, 0.29) is 11.5 Å². The zero-order valence-electron chi connectivity index (χ0n) is 17.7. The summed E-state index contributed by atoms with van der Waals surface area (Å²) in [5.41, 5.74) is 2.88. The van der Waals surface area contributed by atoms with Crippen molar-refractivity contribution in [1.29, 1.82) is 0 Å². The first-order valence-electron chi connectivity index (χ1n) is 10.2. The van der Waals surface area contributed by atoms with E-state index in [2.05, 4.69) is 34.8 Å². The van der Waals surface area contributed by atoms with Crippen molar-refractivity contribution >= 4 is 33.2 Å². The van der Waals surface area contributed by atoms with Crippen molar-refractivity contribution in [2.45, 2.75) is 19.8 Å². The molecule has 0 aliphatic heterocycles. The SMILES string of the molecule is CC(C)c1ccccc1-n1c(=O)cc(-c2ccccc2)s/c1=N\C(=O)c1ccccc1Br. The molecule has 160 valence electrons. The zero-order valence-corrected chi connectivity index (χ0v) is 20.1. The maximum absolute atomic E-state index is 13.4.